The maximum Gasteiger partial charge on any atom is 0.414 e. The summed E-state index contributed by atoms with van der Waals surface area (Å²) in [5.74, 6) is 1.11. The minimum absolute atomic E-state index is 0.0570. The van der Waals surface area contributed by atoms with Crippen LogP contribution in [0.3, 0.4) is 0 Å². The van der Waals surface area contributed by atoms with E-state index >= 15 is 0 Å². The van der Waals surface area contributed by atoms with Crippen LogP contribution in [0.4, 0.5) is 10.5 Å². The number of aromatic nitrogens is 1. The number of fused-ring (bicyclic) bond motifs is 1. The molecule has 3 fully saturated rings. The van der Waals surface area contributed by atoms with Gasteiger partial charge in [0.25, 0.3) is 5.91 Å². The van der Waals surface area contributed by atoms with Crippen LogP contribution in [0.2, 0.25) is 5.02 Å². The van der Waals surface area contributed by atoms with Gasteiger partial charge in [-0.2, -0.15) is 0 Å². The summed E-state index contributed by atoms with van der Waals surface area (Å²) in [6.45, 7) is 9.64. The smallest absolute Gasteiger partial charge is 0.414 e. The highest BCUT2D eigenvalue weighted by molar-refractivity contribution is 6.31. The van der Waals surface area contributed by atoms with Crippen molar-refractivity contribution in [2.75, 3.05) is 57.3 Å². The number of hydrogen-bond acceptors (Lipinski definition) is 5. The number of benzene rings is 1. The summed E-state index contributed by atoms with van der Waals surface area (Å²) >= 11 is 6.40. The Kier molecular flexibility index (Phi) is 8.47. The minimum Gasteiger partial charge on any atom is -0.446 e. The van der Waals surface area contributed by atoms with Crippen molar-refractivity contribution in [2.45, 2.75) is 39.2 Å². The van der Waals surface area contributed by atoms with Gasteiger partial charge in [-0.15, -0.1) is 0 Å². The monoisotopic (exact) mass is 555 g/mol. The van der Waals surface area contributed by atoms with Crippen molar-refractivity contribution in [3.05, 3.63) is 52.8 Å². The third-order valence-electron chi connectivity index (χ3n) is 8.38. The number of H-pyrrole nitrogens is 1. The van der Waals surface area contributed by atoms with E-state index in [-0.39, 0.29) is 24.0 Å². The zero-order chi connectivity index (χ0) is 27.5. The Morgan fingerprint density at radius 2 is 1.77 bits per heavy atom. The largest absolute Gasteiger partial charge is 0.446 e. The number of amides is 3. The van der Waals surface area contributed by atoms with E-state index in [1.165, 1.54) is 0 Å². The molecule has 1 N–H and O–H groups in total. The lowest BCUT2D eigenvalue weighted by Gasteiger charge is -2.32. The van der Waals surface area contributed by atoms with E-state index in [0.29, 0.717) is 55.0 Å². The maximum absolute atomic E-state index is 13.3. The molecule has 2 aromatic rings. The Labute approximate surface area is 235 Å². The van der Waals surface area contributed by atoms with Crippen LogP contribution in [-0.4, -0.2) is 96.1 Å². The lowest BCUT2D eigenvalue weighted by atomic mass is 10.0. The van der Waals surface area contributed by atoms with Gasteiger partial charge in [-0.05, 0) is 61.6 Å². The predicted octanol–water partition coefficient (Wildman–Crippen LogP) is 4.02. The number of aromatic amines is 1. The summed E-state index contributed by atoms with van der Waals surface area (Å²) in [6, 6.07) is 9.34. The van der Waals surface area contributed by atoms with Crippen molar-refractivity contribution in [1.82, 2.24) is 19.7 Å². The van der Waals surface area contributed by atoms with Crippen molar-refractivity contribution in [1.29, 1.82) is 0 Å². The number of aryl methyl sites for hydroxylation is 1. The summed E-state index contributed by atoms with van der Waals surface area (Å²) in [4.78, 5) is 48.6. The van der Waals surface area contributed by atoms with Crippen LogP contribution in [0.15, 0.2) is 36.5 Å². The van der Waals surface area contributed by atoms with Crippen molar-refractivity contribution in [3.63, 3.8) is 0 Å². The first-order chi connectivity index (χ1) is 18.8. The topological polar surface area (TPSA) is 89.2 Å². The lowest BCUT2D eigenvalue weighted by molar-refractivity contribution is -0.130. The summed E-state index contributed by atoms with van der Waals surface area (Å²) in [6.07, 6.45) is 3.31. The average Bonchev–Trinajstić information content (AvgIpc) is 3.66. The third-order valence-corrected chi connectivity index (χ3v) is 8.78. The van der Waals surface area contributed by atoms with Crippen molar-refractivity contribution < 1.29 is 19.1 Å². The number of ether oxygens (including phenoxy) is 1. The second kappa shape index (κ2) is 12.0. The predicted molar refractivity (Wildman–Crippen MR) is 150 cm³/mol. The number of hydrogen-bond donors (Lipinski definition) is 1. The summed E-state index contributed by atoms with van der Waals surface area (Å²) in [7, 11) is 0. The second-order valence-corrected chi connectivity index (χ2v) is 11.5. The van der Waals surface area contributed by atoms with E-state index in [0.717, 1.165) is 50.4 Å². The fourth-order valence-corrected chi connectivity index (χ4v) is 6.27. The molecule has 3 aliphatic heterocycles. The molecule has 0 radical (unpaired) electrons. The molecule has 3 aliphatic rings. The van der Waals surface area contributed by atoms with Crippen LogP contribution in [0.5, 0.6) is 0 Å². The third kappa shape index (κ3) is 6.41. The molecule has 3 amide bonds. The van der Waals surface area contributed by atoms with Gasteiger partial charge in [-0.1, -0.05) is 17.7 Å². The van der Waals surface area contributed by atoms with Crippen LogP contribution in [0, 0.1) is 18.8 Å². The number of anilines is 1. The molecule has 0 bridgehead atoms. The molecule has 4 heterocycles. The van der Waals surface area contributed by atoms with Gasteiger partial charge < -0.3 is 24.4 Å². The molecule has 9 nitrogen and oxygen atoms in total. The molecule has 2 unspecified atom stereocenters. The van der Waals surface area contributed by atoms with Crippen molar-refractivity contribution in [2.24, 2.45) is 11.8 Å². The highest BCUT2D eigenvalue weighted by atomic mass is 35.5. The first-order valence-corrected chi connectivity index (χ1v) is 14.3. The van der Waals surface area contributed by atoms with Gasteiger partial charge in [0.05, 0.1) is 0 Å². The van der Waals surface area contributed by atoms with Gasteiger partial charge >= 0.3 is 6.09 Å². The molecule has 0 aliphatic carbocycles. The summed E-state index contributed by atoms with van der Waals surface area (Å²) in [5, 5.41) is 0.617. The molecule has 5 rings (SSSR count). The van der Waals surface area contributed by atoms with Gasteiger partial charge in [-0.3, -0.25) is 14.5 Å². The number of halogens is 1. The van der Waals surface area contributed by atoms with Gasteiger partial charge in [0.15, 0.2) is 0 Å². The standard InChI is InChI=1S/C29H38ClN5O4/c1-20-6-7-24(15-26(20)30)35(29(38)39-25-8-13-33(14-9-25)21(2)36)12-4-11-32-16-22-18-34(19-23(22)17-32)28(37)27-5-3-10-31-27/h3,5-7,10,15,22-23,25,31H,4,8-9,11-14,16-19H2,1-2H3. The lowest BCUT2D eigenvalue weighted by Crippen LogP contribution is -2.43. The van der Waals surface area contributed by atoms with Crippen LogP contribution >= 0.6 is 11.6 Å². The van der Waals surface area contributed by atoms with E-state index in [1.807, 2.05) is 42.2 Å². The quantitative estimate of drug-likeness (QED) is 0.557. The Morgan fingerprint density at radius 1 is 1.05 bits per heavy atom. The van der Waals surface area contributed by atoms with Crippen LogP contribution in [0.1, 0.15) is 42.2 Å². The Balaban J connectivity index is 1.14. The Hall–Kier alpha value is -3.04. The molecule has 1 aromatic heterocycles. The molecule has 2 atom stereocenters. The van der Waals surface area contributed by atoms with Crippen molar-refractivity contribution in [3.8, 4) is 0 Å². The summed E-state index contributed by atoms with van der Waals surface area (Å²) in [5.41, 5.74) is 2.34. The van der Waals surface area contributed by atoms with Crippen molar-refractivity contribution >= 4 is 35.2 Å². The highest BCUT2D eigenvalue weighted by Gasteiger charge is 2.41. The van der Waals surface area contributed by atoms with Crippen LogP contribution in [-0.2, 0) is 9.53 Å². The first-order valence-electron chi connectivity index (χ1n) is 13.9. The Bertz CT molecular complexity index is 1170. The maximum atomic E-state index is 13.3. The number of nitrogens with one attached hydrogen (secondary N) is 1. The number of piperidine rings is 1. The number of rotatable bonds is 7. The molecule has 1 aromatic carbocycles. The molecule has 0 saturated carbocycles. The normalized spacial score (nSPS) is 21.7. The fraction of sp³-hybridized carbons (Fsp3) is 0.552. The fourth-order valence-electron chi connectivity index (χ4n) is 6.10. The molecule has 210 valence electrons. The van der Waals surface area contributed by atoms with Crippen LogP contribution < -0.4 is 4.90 Å². The zero-order valence-electron chi connectivity index (χ0n) is 22.8. The average molecular weight is 556 g/mol. The van der Waals surface area contributed by atoms with E-state index in [1.54, 1.807) is 22.9 Å². The van der Waals surface area contributed by atoms with Gasteiger partial charge in [-0.25, -0.2) is 4.79 Å². The van der Waals surface area contributed by atoms with Gasteiger partial charge in [0.2, 0.25) is 5.91 Å². The van der Waals surface area contributed by atoms with E-state index in [4.69, 9.17) is 16.3 Å². The molecule has 3 saturated heterocycles. The number of nitrogens with zero attached hydrogens (tertiary/aromatic N) is 4. The zero-order valence-corrected chi connectivity index (χ0v) is 23.5. The number of carbonyl (C=O) groups excluding carboxylic acids is 3. The SMILES string of the molecule is CC(=O)N1CCC(OC(=O)N(CCCN2CC3CN(C(=O)c4ccc[nH]4)CC3C2)c2ccc(C)c(Cl)c2)CC1. The molecule has 10 heteroatoms. The van der Waals surface area contributed by atoms with Crippen LogP contribution in [0.25, 0.3) is 0 Å². The van der Waals surface area contributed by atoms with Gasteiger partial charge in [0, 0.05) is 82.5 Å². The summed E-state index contributed by atoms with van der Waals surface area (Å²) < 4.78 is 5.91. The molecule has 0 spiro atoms. The van der Waals surface area contributed by atoms with Gasteiger partial charge in [0.1, 0.15) is 11.8 Å². The first kappa shape index (κ1) is 27.5. The van der Waals surface area contributed by atoms with E-state index in [2.05, 4.69) is 9.88 Å². The second-order valence-electron chi connectivity index (χ2n) is 11.1. The molecule has 39 heavy (non-hydrogen) atoms. The molecular formula is C29H38ClN5O4. The minimum atomic E-state index is -0.368. The Morgan fingerprint density at radius 3 is 2.38 bits per heavy atom. The van der Waals surface area contributed by atoms with E-state index in [9.17, 15) is 14.4 Å². The molecular weight excluding hydrogens is 518 g/mol. The van der Waals surface area contributed by atoms with E-state index < -0.39 is 0 Å². The highest BCUT2D eigenvalue weighted by Crippen LogP contribution is 2.32. The number of carbonyl (C=O) groups is 3. The number of likely N-dealkylation sites (tertiary alicyclic amines) is 3.